The Morgan fingerprint density at radius 2 is 1.69 bits per heavy atom. The van der Waals surface area contributed by atoms with E-state index in [1.807, 2.05) is 18.0 Å². The third-order valence-electron chi connectivity index (χ3n) is 9.24. The molecule has 13 heteroatoms. The molecule has 4 heterocycles. The van der Waals surface area contributed by atoms with Crippen molar-refractivity contribution in [2.45, 2.75) is 55.8 Å². The number of aromatic nitrogens is 1. The van der Waals surface area contributed by atoms with E-state index in [4.69, 9.17) is 10.1 Å². The minimum atomic E-state index is -3.88. The molecule has 228 valence electrons. The maximum Gasteiger partial charge on any atom is 0.258 e. The first-order valence-corrected chi connectivity index (χ1v) is 16.2. The van der Waals surface area contributed by atoms with Gasteiger partial charge in [0.2, 0.25) is 10.0 Å². The SMILES string of the molecule is CN1CCc2cc(NC(=O)c3ccc(S(=O)(=O)NCCO)cc3N3CCC4(CC3)CC4)nc(N3CCC(F)(F)CC3)c21. The minimum Gasteiger partial charge on any atom is -0.395 e. The van der Waals surface area contributed by atoms with Crippen molar-refractivity contribution in [2.24, 2.45) is 5.41 Å². The number of hydrogen-bond donors (Lipinski definition) is 3. The normalized spacial score (nSPS) is 21.0. The molecule has 0 unspecified atom stereocenters. The number of aliphatic hydroxyl groups excluding tert-OH is 1. The minimum absolute atomic E-state index is 0.0251. The highest BCUT2D eigenvalue weighted by atomic mass is 32.2. The maximum absolute atomic E-state index is 13.9. The van der Waals surface area contributed by atoms with Gasteiger partial charge in [-0.3, -0.25) is 4.79 Å². The number of halogens is 2. The lowest BCUT2D eigenvalue weighted by Gasteiger charge is -2.35. The highest BCUT2D eigenvalue weighted by Gasteiger charge is 2.45. The van der Waals surface area contributed by atoms with Crippen molar-refractivity contribution in [2.75, 3.05) is 72.9 Å². The molecule has 4 aliphatic rings. The van der Waals surface area contributed by atoms with Crippen LogP contribution in [0.15, 0.2) is 29.2 Å². The van der Waals surface area contributed by atoms with Crippen molar-refractivity contribution in [1.29, 1.82) is 0 Å². The molecule has 1 saturated carbocycles. The summed E-state index contributed by atoms with van der Waals surface area (Å²) in [6, 6.07) is 6.29. The van der Waals surface area contributed by atoms with Gasteiger partial charge in [0.05, 0.1) is 28.4 Å². The number of nitrogens with one attached hydrogen (secondary N) is 2. The van der Waals surface area contributed by atoms with Gasteiger partial charge in [-0.25, -0.2) is 26.9 Å². The van der Waals surface area contributed by atoms with Crippen LogP contribution in [0.4, 0.5) is 31.8 Å². The summed E-state index contributed by atoms with van der Waals surface area (Å²) in [4.78, 5) is 24.6. The highest BCUT2D eigenvalue weighted by Crippen LogP contribution is 2.54. The predicted molar refractivity (Wildman–Crippen MR) is 157 cm³/mol. The number of benzene rings is 1. The second kappa shape index (κ2) is 10.9. The van der Waals surface area contributed by atoms with Gasteiger partial charge >= 0.3 is 0 Å². The first-order valence-electron chi connectivity index (χ1n) is 14.7. The van der Waals surface area contributed by atoms with Crippen molar-refractivity contribution < 1.29 is 27.1 Å². The first kappa shape index (κ1) is 29.1. The number of carbonyl (C=O) groups is 1. The topological polar surface area (TPSA) is 118 Å². The Labute approximate surface area is 245 Å². The molecule has 42 heavy (non-hydrogen) atoms. The number of rotatable bonds is 8. The number of likely N-dealkylation sites (N-methyl/N-ethyl adjacent to an activating group) is 1. The monoisotopic (exact) mass is 604 g/mol. The number of amides is 1. The van der Waals surface area contributed by atoms with Gasteiger partial charge in [0.25, 0.3) is 11.8 Å². The van der Waals surface area contributed by atoms with Crippen LogP contribution in [0.3, 0.4) is 0 Å². The molecule has 10 nitrogen and oxygen atoms in total. The van der Waals surface area contributed by atoms with Gasteiger partial charge in [0.15, 0.2) is 5.82 Å². The van der Waals surface area contributed by atoms with E-state index in [0.717, 1.165) is 50.1 Å². The van der Waals surface area contributed by atoms with Gasteiger partial charge in [-0.05, 0) is 67.3 Å². The molecule has 1 amide bonds. The van der Waals surface area contributed by atoms with Gasteiger partial charge in [-0.2, -0.15) is 0 Å². The van der Waals surface area contributed by atoms with Crippen LogP contribution < -0.4 is 24.7 Å². The Kier molecular flexibility index (Phi) is 7.55. The molecule has 6 rings (SSSR count). The van der Waals surface area contributed by atoms with Crippen molar-refractivity contribution in [3.8, 4) is 0 Å². The lowest BCUT2D eigenvalue weighted by Crippen LogP contribution is -2.40. The zero-order valence-corrected chi connectivity index (χ0v) is 24.7. The summed E-state index contributed by atoms with van der Waals surface area (Å²) in [7, 11) is -1.92. The number of sulfonamides is 1. The molecule has 1 spiro atoms. The van der Waals surface area contributed by atoms with Crippen molar-refractivity contribution in [3.63, 3.8) is 0 Å². The molecule has 2 saturated heterocycles. The van der Waals surface area contributed by atoms with E-state index in [9.17, 15) is 22.0 Å². The van der Waals surface area contributed by atoms with Crippen LogP contribution in [-0.4, -0.2) is 83.3 Å². The van der Waals surface area contributed by atoms with Crippen LogP contribution in [0, 0.1) is 5.41 Å². The van der Waals surface area contributed by atoms with Crippen LogP contribution in [0.1, 0.15) is 54.4 Å². The fourth-order valence-corrected chi connectivity index (χ4v) is 7.43. The Hall–Kier alpha value is -3.03. The molecule has 3 N–H and O–H groups in total. The van der Waals surface area contributed by atoms with Gasteiger partial charge in [-0.15, -0.1) is 0 Å². The van der Waals surface area contributed by atoms with Crippen LogP contribution in [-0.2, 0) is 16.4 Å². The molecule has 0 radical (unpaired) electrons. The van der Waals surface area contributed by atoms with E-state index in [1.54, 1.807) is 0 Å². The summed E-state index contributed by atoms with van der Waals surface area (Å²) >= 11 is 0. The molecular formula is C29H38F2N6O4S. The van der Waals surface area contributed by atoms with E-state index in [1.165, 1.54) is 31.0 Å². The molecular weight excluding hydrogens is 566 g/mol. The van der Waals surface area contributed by atoms with E-state index < -0.39 is 21.9 Å². The number of pyridine rings is 1. The molecule has 0 bridgehead atoms. The maximum atomic E-state index is 13.9. The van der Waals surface area contributed by atoms with Crippen molar-refractivity contribution in [3.05, 3.63) is 35.4 Å². The van der Waals surface area contributed by atoms with Gasteiger partial charge in [0.1, 0.15) is 5.82 Å². The fourth-order valence-electron chi connectivity index (χ4n) is 6.39. The second-order valence-electron chi connectivity index (χ2n) is 12.1. The summed E-state index contributed by atoms with van der Waals surface area (Å²) in [5.74, 6) is -2.17. The van der Waals surface area contributed by atoms with E-state index in [-0.39, 0.29) is 44.0 Å². The lowest BCUT2D eigenvalue weighted by molar-refractivity contribution is -0.0221. The highest BCUT2D eigenvalue weighted by molar-refractivity contribution is 7.89. The summed E-state index contributed by atoms with van der Waals surface area (Å²) < 4.78 is 55.9. The number of piperidine rings is 2. The average molecular weight is 605 g/mol. The standard InChI is InChI=1S/C29H38F2N6O4S/c1-35-12-4-20-18-24(33-26(25(20)35)37-15-9-29(30,31)10-16-37)34-27(39)22-3-2-21(42(40,41)32-11-17-38)19-23(22)36-13-7-28(5-6-28)8-14-36/h2-3,18-19,32,38H,4-17H2,1H3,(H,33,34,39). The Bertz CT molecular complexity index is 1460. The van der Waals surface area contributed by atoms with E-state index >= 15 is 0 Å². The number of fused-ring (bicyclic) bond motifs is 1. The summed E-state index contributed by atoms with van der Waals surface area (Å²) in [5, 5.41) is 12.0. The Morgan fingerprint density at radius 3 is 2.36 bits per heavy atom. The number of alkyl halides is 2. The quantitative estimate of drug-likeness (QED) is 0.421. The Morgan fingerprint density at radius 1 is 1.00 bits per heavy atom. The largest absolute Gasteiger partial charge is 0.395 e. The van der Waals surface area contributed by atoms with E-state index in [2.05, 4.69) is 19.8 Å². The zero-order chi connectivity index (χ0) is 29.7. The lowest BCUT2D eigenvalue weighted by atomic mass is 9.93. The van der Waals surface area contributed by atoms with Crippen LogP contribution in [0.25, 0.3) is 0 Å². The molecule has 1 aromatic carbocycles. The first-order chi connectivity index (χ1) is 20.0. The average Bonchev–Trinajstić information content (AvgIpc) is 3.62. The number of nitrogens with zero attached hydrogens (tertiary/aromatic N) is 4. The van der Waals surface area contributed by atoms with Crippen molar-refractivity contribution >= 4 is 38.9 Å². The predicted octanol–water partition coefficient (Wildman–Crippen LogP) is 3.21. The molecule has 3 aliphatic heterocycles. The summed E-state index contributed by atoms with van der Waals surface area (Å²) in [6.07, 6.45) is 4.67. The number of aliphatic hydroxyl groups is 1. The number of carbonyl (C=O) groups excluding carboxylic acids is 1. The molecule has 0 atom stereocenters. The Balaban J connectivity index is 1.31. The zero-order valence-electron chi connectivity index (χ0n) is 23.8. The third-order valence-corrected chi connectivity index (χ3v) is 10.7. The molecule has 2 aromatic rings. The van der Waals surface area contributed by atoms with Crippen molar-refractivity contribution in [1.82, 2.24) is 9.71 Å². The summed E-state index contributed by atoms with van der Waals surface area (Å²) in [6.45, 7) is 2.14. The second-order valence-corrected chi connectivity index (χ2v) is 13.9. The fraction of sp³-hybridized carbons (Fsp3) is 0.586. The van der Waals surface area contributed by atoms with Gasteiger partial charge in [-0.1, -0.05) is 0 Å². The molecule has 1 aliphatic carbocycles. The summed E-state index contributed by atoms with van der Waals surface area (Å²) in [5.41, 5.74) is 3.17. The van der Waals surface area contributed by atoms with Crippen LogP contribution in [0.5, 0.6) is 0 Å². The number of hydrogen-bond acceptors (Lipinski definition) is 8. The van der Waals surface area contributed by atoms with E-state index in [0.29, 0.717) is 28.3 Å². The van der Waals surface area contributed by atoms with Gasteiger partial charge in [0, 0.05) is 59.2 Å². The third kappa shape index (κ3) is 5.78. The number of anilines is 4. The van der Waals surface area contributed by atoms with Crippen LogP contribution in [0.2, 0.25) is 0 Å². The van der Waals surface area contributed by atoms with Crippen LogP contribution >= 0.6 is 0 Å². The molecule has 1 aromatic heterocycles. The molecule has 3 fully saturated rings. The smallest absolute Gasteiger partial charge is 0.258 e. The van der Waals surface area contributed by atoms with Gasteiger partial charge < -0.3 is 25.1 Å².